The molecule has 113 valence electrons. The summed E-state index contributed by atoms with van der Waals surface area (Å²) in [5, 5.41) is 0. The van der Waals surface area contributed by atoms with Gasteiger partial charge in [-0.05, 0) is 17.7 Å². The van der Waals surface area contributed by atoms with Crippen LogP contribution in [0.15, 0.2) is 16.6 Å². The molecule has 0 unspecified atom stereocenters. The lowest BCUT2D eigenvalue weighted by Crippen LogP contribution is -2.50. The van der Waals surface area contributed by atoms with Crippen molar-refractivity contribution in [2.24, 2.45) is 0 Å². The van der Waals surface area contributed by atoms with Crippen LogP contribution in [0.4, 0.5) is 30.7 Å². The smallest absolute Gasteiger partial charge is 0.380 e. The Morgan fingerprint density at radius 2 is 1.55 bits per heavy atom. The summed E-state index contributed by atoms with van der Waals surface area (Å²) >= 11 is 2.70. The molecule has 0 amide bonds. The van der Waals surface area contributed by atoms with Gasteiger partial charge in [-0.15, -0.1) is 0 Å². The molecule has 9 heteroatoms. The Labute approximate surface area is 117 Å². The predicted octanol–water partition coefficient (Wildman–Crippen LogP) is 4.69. The fourth-order valence-electron chi connectivity index (χ4n) is 1.51. The molecule has 0 saturated carbocycles. The molecule has 0 N–H and O–H groups in total. The van der Waals surface area contributed by atoms with Crippen LogP contribution < -0.4 is 0 Å². The van der Waals surface area contributed by atoms with Crippen molar-refractivity contribution in [3.05, 3.63) is 33.8 Å². The fourth-order valence-corrected chi connectivity index (χ4v) is 2.01. The molecule has 0 heterocycles. The second kappa shape index (κ2) is 5.51. The van der Waals surface area contributed by atoms with Crippen molar-refractivity contribution < 1.29 is 35.5 Å². The molecule has 0 spiro atoms. The summed E-state index contributed by atoms with van der Waals surface area (Å²) in [7, 11) is 1.19. The molecule has 0 fully saturated rings. The number of ether oxygens (including phenoxy) is 1. The molecule has 0 atom stereocenters. The Kier molecular flexibility index (Phi) is 4.75. The predicted molar refractivity (Wildman–Crippen MR) is 58.6 cm³/mol. The fraction of sp³-hybridized carbons (Fsp3) is 0.455. The lowest BCUT2D eigenvalue weighted by molar-refractivity contribution is -0.348. The average Bonchev–Trinajstić information content (AvgIpc) is 2.24. The number of alkyl halides is 7. The van der Waals surface area contributed by atoms with Crippen LogP contribution in [0, 0.1) is 6.07 Å². The highest BCUT2D eigenvalue weighted by Gasteiger charge is 2.73. The molecule has 0 aliphatic rings. The van der Waals surface area contributed by atoms with Gasteiger partial charge in [-0.3, -0.25) is 0 Å². The van der Waals surface area contributed by atoms with Gasteiger partial charge in [-0.1, -0.05) is 15.9 Å². The minimum absolute atomic E-state index is 0.146. The zero-order valence-electron chi connectivity index (χ0n) is 9.79. The van der Waals surface area contributed by atoms with E-state index < -0.39 is 23.6 Å². The van der Waals surface area contributed by atoms with Gasteiger partial charge < -0.3 is 4.74 Å². The maximum Gasteiger partial charge on any atom is 0.435 e. The Morgan fingerprint density at radius 1 is 1.05 bits per heavy atom. The van der Waals surface area contributed by atoms with Crippen LogP contribution >= 0.6 is 15.9 Å². The molecule has 1 aromatic carbocycles. The van der Waals surface area contributed by atoms with Crippen LogP contribution in [-0.2, 0) is 17.0 Å². The van der Waals surface area contributed by atoms with Gasteiger partial charge in [0.2, 0.25) is 0 Å². The normalized spacial score (nSPS) is 13.7. The molecule has 1 aromatic rings. The first kappa shape index (κ1) is 17.2. The van der Waals surface area contributed by atoms with Crippen LogP contribution in [-0.4, -0.2) is 19.5 Å². The number of halogens is 8. The number of hydrogen-bond donors (Lipinski definition) is 0. The van der Waals surface area contributed by atoms with Gasteiger partial charge in [0.15, 0.2) is 0 Å². The number of rotatable bonds is 3. The van der Waals surface area contributed by atoms with Crippen molar-refractivity contribution >= 4 is 15.9 Å². The molecule has 0 aliphatic carbocycles. The van der Waals surface area contributed by atoms with Crippen molar-refractivity contribution in [3.8, 4) is 0 Å². The average molecular weight is 368 g/mol. The lowest BCUT2D eigenvalue weighted by Gasteiger charge is -2.30. The standard InChI is InChI=1S/C11H7BrF7O/c1-20-5-6-2-7(4-8(12)3-6)9(13,10(14,15)16)11(17,18)19/h2,4H,5H2,1H3. The maximum absolute atomic E-state index is 13.8. The van der Waals surface area contributed by atoms with Crippen molar-refractivity contribution in [2.45, 2.75) is 24.6 Å². The van der Waals surface area contributed by atoms with Gasteiger partial charge in [0.25, 0.3) is 0 Å². The van der Waals surface area contributed by atoms with E-state index in [0.29, 0.717) is 12.1 Å². The highest BCUT2D eigenvalue weighted by atomic mass is 79.9. The number of methoxy groups -OCH3 is 1. The highest BCUT2D eigenvalue weighted by Crippen LogP contribution is 2.53. The van der Waals surface area contributed by atoms with Crippen molar-refractivity contribution in [1.82, 2.24) is 0 Å². The third kappa shape index (κ3) is 3.08. The molecular formula is C11H7BrF7O. The molecule has 20 heavy (non-hydrogen) atoms. The van der Waals surface area contributed by atoms with Crippen LogP contribution in [0.25, 0.3) is 0 Å². The van der Waals surface area contributed by atoms with E-state index in [1.807, 2.05) is 0 Å². The van der Waals surface area contributed by atoms with E-state index >= 15 is 0 Å². The minimum atomic E-state index is -6.14. The molecule has 0 saturated heterocycles. The zero-order valence-corrected chi connectivity index (χ0v) is 11.4. The summed E-state index contributed by atoms with van der Waals surface area (Å²) in [6.07, 6.45) is -12.3. The Hall–Kier alpha value is -0.830. The van der Waals surface area contributed by atoms with E-state index in [0.717, 1.165) is 0 Å². The van der Waals surface area contributed by atoms with Gasteiger partial charge in [0.05, 0.1) is 6.61 Å². The van der Waals surface area contributed by atoms with E-state index in [9.17, 15) is 30.7 Å². The van der Waals surface area contributed by atoms with E-state index in [2.05, 4.69) is 26.7 Å². The summed E-state index contributed by atoms with van der Waals surface area (Å²) in [6.45, 7) is -0.307. The Bertz CT molecular complexity index is 467. The number of benzene rings is 1. The summed E-state index contributed by atoms with van der Waals surface area (Å²) in [4.78, 5) is 0. The van der Waals surface area contributed by atoms with Crippen molar-refractivity contribution in [2.75, 3.05) is 7.11 Å². The summed E-state index contributed by atoms with van der Waals surface area (Å²) in [5.41, 5.74) is -7.18. The maximum atomic E-state index is 13.8. The van der Waals surface area contributed by atoms with Gasteiger partial charge in [0.1, 0.15) is 0 Å². The third-order valence-corrected chi connectivity index (χ3v) is 2.80. The lowest BCUT2D eigenvalue weighted by atomic mass is 9.93. The zero-order chi connectivity index (χ0) is 15.8. The highest BCUT2D eigenvalue weighted by molar-refractivity contribution is 9.10. The molecule has 0 bridgehead atoms. The summed E-state index contributed by atoms with van der Waals surface area (Å²) in [6, 6.07) is 3.23. The summed E-state index contributed by atoms with van der Waals surface area (Å²) < 4.78 is 93.7. The Morgan fingerprint density at radius 3 is 1.95 bits per heavy atom. The van der Waals surface area contributed by atoms with Crippen LogP contribution in [0.3, 0.4) is 0 Å². The van der Waals surface area contributed by atoms with E-state index in [1.54, 1.807) is 0 Å². The first-order valence-electron chi connectivity index (χ1n) is 4.97. The second-order valence-corrected chi connectivity index (χ2v) is 4.68. The first-order valence-corrected chi connectivity index (χ1v) is 5.76. The quantitative estimate of drug-likeness (QED) is 0.704. The second-order valence-electron chi connectivity index (χ2n) is 3.83. The van der Waals surface area contributed by atoms with Gasteiger partial charge in [-0.25, -0.2) is 4.39 Å². The van der Waals surface area contributed by atoms with Crippen LogP contribution in [0.2, 0.25) is 0 Å². The van der Waals surface area contributed by atoms with E-state index in [4.69, 9.17) is 0 Å². The molecule has 1 rings (SSSR count). The van der Waals surface area contributed by atoms with E-state index in [1.165, 1.54) is 7.11 Å². The molecule has 1 radical (unpaired) electrons. The van der Waals surface area contributed by atoms with Crippen molar-refractivity contribution in [3.63, 3.8) is 0 Å². The van der Waals surface area contributed by atoms with Crippen molar-refractivity contribution in [1.29, 1.82) is 0 Å². The van der Waals surface area contributed by atoms with Gasteiger partial charge in [-0.2, -0.15) is 26.3 Å². The largest absolute Gasteiger partial charge is 0.435 e. The Balaban J connectivity index is 3.51. The topological polar surface area (TPSA) is 9.23 Å². The first-order chi connectivity index (χ1) is 8.93. The van der Waals surface area contributed by atoms with E-state index in [-0.39, 0.29) is 16.6 Å². The molecule has 0 aliphatic heterocycles. The molecular weight excluding hydrogens is 361 g/mol. The monoisotopic (exact) mass is 367 g/mol. The number of hydrogen-bond acceptors (Lipinski definition) is 1. The van der Waals surface area contributed by atoms with Crippen LogP contribution in [0.5, 0.6) is 0 Å². The van der Waals surface area contributed by atoms with Crippen LogP contribution in [0.1, 0.15) is 11.1 Å². The molecule has 0 aromatic heterocycles. The molecule has 1 nitrogen and oxygen atoms in total. The van der Waals surface area contributed by atoms with Gasteiger partial charge in [0, 0.05) is 23.2 Å². The minimum Gasteiger partial charge on any atom is -0.380 e. The third-order valence-electron chi connectivity index (χ3n) is 2.37. The van der Waals surface area contributed by atoms with Gasteiger partial charge >= 0.3 is 18.0 Å². The SMILES string of the molecule is COCc1[c]c(Br)cc(C(F)(C(F)(F)F)C(F)(F)F)c1. The summed E-state index contributed by atoms with van der Waals surface area (Å²) in [5.74, 6) is 0.